The van der Waals surface area contributed by atoms with Gasteiger partial charge in [-0.15, -0.1) is 0 Å². The Labute approximate surface area is 127 Å². The zero-order valence-corrected chi connectivity index (χ0v) is 13.5. The van der Waals surface area contributed by atoms with E-state index in [1.807, 2.05) is 39.8 Å². The normalized spacial score (nSPS) is 12.7. The highest BCUT2D eigenvalue weighted by Crippen LogP contribution is 2.32. The van der Waals surface area contributed by atoms with E-state index in [0.29, 0.717) is 10.2 Å². The van der Waals surface area contributed by atoms with Gasteiger partial charge in [-0.1, -0.05) is 22.9 Å². The summed E-state index contributed by atoms with van der Waals surface area (Å²) in [6.45, 7) is 7.33. The fourth-order valence-electron chi connectivity index (χ4n) is 1.50. The van der Waals surface area contributed by atoms with E-state index >= 15 is 0 Å². The number of thiazole rings is 1. The Morgan fingerprint density at radius 2 is 2.00 bits per heavy atom. The van der Waals surface area contributed by atoms with Crippen LogP contribution < -0.4 is 11.1 Å². The van der Waals surface area contributed by atoms with Gasteiger partial charge in [-0.25, -0.2) is 4.98 Å². The van der Waals surface area contributed by atoms with Gasteiger partial charge >= 0.3 is 0 Å². The fourth-order valence-corrected chi connectivity index (χ4v) is 2.63. The monoisotopic (exact) mass is 311 g/mol. The lowest BCUT2D eigenvalue weighted by Gasteiger charge is -2.36. The molecule has 0 radical (unpaired) electrons. The van der Waals surface area contributed by atoms with Crippen LogP contribution in [0.15, 0.2) is 18.2 Å². The third kappa shape index (κ3) is 2.80. The third-order valence-electron chi connectivity index (χ3n) is 3.75. The fraction of sp³-hybridized carbons (Fsp3) is 0.429. The number of rotatable bonds is 3. The summed E-state index contributed by atoms with van der Waals surface area (Å²) in [7, 11) is 0. The van der Waals surface area contributed by atoms with Crippen molar-refractivity contribution in [3.05, 3.63) is 23.2 Å². The molecule has 0 spiro atoms. The maximum atomic E-state index is 12.4. The molecule has 0 unspecified atom stereocenters. The second-order valence-corrected chi connectivity index (χ2v) is 7.40. The lowest BCUT2D eigenvalue weighted by molar-refractivity contribution is -0.126. The van der Waals surface area contributed by atoms with Crippen LogP contribution in [0.2, 0.25) is 5.02 Å². The quantitative estimate of drug-likeness (QED) is 0.909. The van der Waals surface area contributed by atoms with Gasteiger partial charge in [0.2, 0.25) is 5.91 Å². The number of carbonyl (C=O) groups is 1. The number of fused-ring (bicyclic) bond motifs is 1. The first-order valence-corrected chi connectivity index (χ1v) is 7.47. The van der Waals surface area contributed by atoms with Crippen LogP contribution in [-0.4, -0.2) is 16.4 Å². The van der Waals surface area contributed by atoms with Crippen molar-refractivity contribution in [2.75, 3.05) is 5.32 Å². The number of nitrogens with zero attached hydrogens (tertiary/aromatic N) is 1. The number of carbonyl (C=O) groups excluding carboxylic acids is 1. The number of nitrogens with two attached hydrogens (primary N) is 1. The van der Waals surface area contributed by atoms with Crippen molar-refractivity contribution >= 4 is 44.2 Å². The minimum atomic E-state index is -0.706. The highest BCUT2D eigenvalue weighted by molar-refractivity contribution is 7.22. The predicted octanol–water partition coefficient (Wildman–Crippen LogP) is 3.65. The van der Waals surface area contributed by atoms with Crippen molar-refractivity contribution in [3.63, 3.8) is 0 Å². The summed E-state index contributed by atoms with van der Waals surface area (Å²) in [5.74, 6) is -0.143. The average Bonchev–Trinajstić information content (AvgIpc) is 2.68. The van der Waals surface area contributed by atoms with Gasteiger partial charge in [-0.2, -0.15) is 0 Å². The first kappa shape index (κ1) is 15.2. The molecule has 0 atom stereocenters. The van der Waals surface area contributed by atoms with E-state index in [-0.39, 0.29) is 5.91 Å². The van der Waals surface area contributed by atoms with Gasteiger partial charge in [0, 0.05) is 10.6 Å². The van der Waals surface area contributed by atoms with Gasteiger partial charge in [0.05, 0.1) is 15.6 Å². The first-order chi connectivity index (χ1) is 9.11. The molecule has 0 aliphatic rings. The van der Waals surface area contributed by atoms with Crippen LogP contribution in [0.25, 0.3) is 10.2 Å². The van der Waals surface area contributed by atoms with Crippen molar-refractivity contribution in [3.8, 4) is 0 Å². The van der Waals surface area contributed by atoms with E-state index in [9.17, 15) is 4.79 Å². The molecule has 4 nitrogen and oxygen atoms in total. The van der Waals surface area contributed by atoms with Crippen LogP contribution in [-0.2, 0) is 4.79 Å². The van der Waals surface area contributed by atoms with Crippen molar-refractivity contribution in [1.82, 2.24) is 4.98 Å². The maximum absolute atomic E-state index is 12.4. The largest absolute Gasteiger partial charge is 0.325 e. The van der Waals surface area contributed by atoms with Crippen molar-refractivity contribution in [2.45, 2.75) is 33.2 Å². The molecule has 3 N–H and O–H groups in total. The summed E-state index contributed by atoms with van der Waals surface area (Å²) in [4.78, 5) is 16.8. The summed E-state index contributed by atoms with van der Waals surface area (Å²) in [5, 5.41) is 4.06. The zero-order valence-electron chi connectivity index (χ0n) is 12.0. The molecular weight excluding hydrogens is 294 g/mol. The van der Waals surface area contributed by atoms with Crippen LogP contribution in [0.4, 0.5) is 5.13 Å². The molecular formula is C14H18ClN3OS. The Kier molecular flexibility index (Phi) is 3.79. The lowest BCUT2D eigenvalue weighted by atomic mass is 9.74. The highest BCUT2D eigenvalue weighted by Gasteiger charge is 2.40. The van der Waals surface area contributed by atoms with Gasteiger partial charge in [-0.05, 0) is 45.9 Å². The number of anilines is 1. The number of hydrogen-bond donors (Lipinski definition) is 2. The zero-order chi connectivity index (χ0) is 15.1. The van der Waals surface area contributed by atoms with Crippen molar-refractivity contribution < 1.29 is 4.79 Å². The average molecular weight is 312 g/mol. The summed E-state index contributed by atoms with van der Waals surface area (Å²) in [6, 6.07) is 5.45. The standard InChI is InChI=1S/C14H18ClN3OS/c1-13(2,14(3,4)16)11(19)18-12-17-9-6-5-8(15)7-10(9)20-12/h5-7H,16H2,1-4H3,(H,17,18,19). The number of benzene rings is 1. The second kappa shape index (κ2) is 4.98. The number of hydrogen-bond acceptors (Lipinski definition) is 4. The van der Waals surface area contributed by atoms with Gasteiger partial charge in [0.1, 0.15) is 0 Å². The van der Waals surface area contributed by atoms with Crippen LogP contribution in [0.5, 0.6) is 0 Å². The Hall–Kier alpha value is -1.17. The number of halogens is 1. The molecule has 0 saturated heterocycles. The highest BCUT2D eigenvalue weighted by atomic mass is 35.5. The van der Waals surface area contributed by atoms with Gasteiger partial charge < -0.3 is 11.1 Å². The summed E-state index contributed by atoms with van der Waals surface area (Å²) >= 11 is 7.34. The third-order valence-corrected chi connectivity index (χ3v) is 4.92. The van der Waals surface area contributed by atoms with E-state index in [2.05, 4.69) is 10.3 Å². The number of nitrogens with one attached hydrogen (secondary N) is 1. The molecule has 1 amide bonds. The van der Waals surface area contributed by atoms with E-state index < -0.39 is 11.0 Å². The minimum Gasteiger partial charge on any atom is -0.325 e. The molecule has 1 aromatic carbocycles. The Morgan fingerprint density at radius 3 is 2.60 bits per heavy atom. The van der Waals surface area contributed by atoms with Crippen LogP contribution >= 0.6 is 22.9 Å². The molecule has 0 aliphatic carbocycles. The second-order valence-electron chi connectivity index (χ2n) is 5.93. The molecule has 6 heteroatoms. The van der Waals surface area contributed by atoms with Gasteiger partial charge in [0.25, 0.3) is 0 Å². The lowest BCUT2D eigenvalue weighted by Crippen LogP contribution is -2.53. The summed E-state index contributed by atoms with van der Waals surface area (Å²) in [5.41, 5.74) is 5.55. The van der Waals surface area contributed by atoms with Crippen LogP contribution in [0.1, 0.15) is 27.7 Å². The smallest absolute Gasteiger partial charge is 0.233 e. The molecule has 0 saturated carbocycles. The SMILES string of the molecule is CC(C)(N)C(C)(C)C(=O)Nc1nc2ccc(Cl)cc2s1. The van der Waals surface area contributed by atoms with Crippen molar-refractivity contribution in [2.24, 2.45) is 11.1 Å². The van der Waals surface area contributed by atoms with Gasteiger partial charge in [0.15, 0.2) is 5.13 Å². The summed E-state index contributed by atoms with van der Waals surface area (Å²) in [6.07, 6.45) is 0. The van der Waals surface area contributed by atoms with Crippen LogP contribution in [0, 0.1) is 5.41 Å². The topological polar surface area (TPSA) is 68.0 Å². The van der Waals surface area contributed by atoms with Crippen molar-refractivity contribution in [1.29, 1.82) is 0 Å². The van der Waals surface area contributed by atoms with E-state index in [0.717, 1.165) is 10.2 Å². The summed E-state index contributed by atoms with van der Waals surface area (Å²) < 4.78 is 0.942. The van der Waals surface area contributed by atoms with E-state index in [1.54, 1.807) is 6.07 Å². The molecule has 108 valence electrons. The van der Waals surface area contributed by atoms with Gasteiger partial charge in [-0.3, -0.25) is 4.79 Å². The molecule has 1 aromatic heterocycles. The molecule has 2 rings (SSSR count). The molecule has 2 aromatic rings. The molecule has 20 heavy (non-hydrogen) atoms. The predicted molar refractivity (Wildman–Crippen MR) is 85.3 cm³/mol. The molecule has 0 aliphatic heterocycles. The molecule has 0 fully saturated rings. The Bertz CT molecular complexity index is 658. The molecule has 1 heterocycles. The number of aromatic nitrogens is 1. The van der Waals surface area contributed by atoms with E-state index in [4.69, 9.17) is 17.3 Å². The number of amides is 1. The van der Waals surface area contributed by atoms with Crippen LogP contribution in [0.3, 0.4) is 0 Å². The molecule has 0 bridgehead atoms. The maximum Gasteiger partial charge on any atom is 0.233 e. The first-order valence-electron chi connectivity index (χ1n) is 6.28. The Morgan fingerprint density at radius 1 is 1.35 bits per heavy atom. The Balaban J connectivity index is 2.26. The van der Waals surface area contributed by atoms with E-state index in [1.165, 1.54) is 11.3 Å². The minimum absolute atomic E-state index is 0.143.